The molecular formula is C18H26N2O3. The number of pyridine rings is 1. The molecule has 5 heteroatoms. The van der Waals surface area contributed by atoms with Crippen molar-refractivity contribution < 1.29 is 14.6 Å². The Balaban J connectivity index is 1.62. The number of aryl methyl sites for hydroxylation is 1. The summed E-state index contributed by atoms with van der Waals surface area (Å²) in [7, 11) is 0. The van der Waals surface area contributed by atoms with Crippen molar-refractivity contribution in [2.75, 3.05) is 19.8 Å². The van der Waals surface area contributed by atoms with E-state index in [0.29, 0.717) is 6.42 Å². The third kappa shape index (κ3) is 3.83. The van der Waals surface area contributed by atoms with Crippen LogP contribution in [0.15, 0.2) is 12.3 Å². The summed E-state index contributed by atoms with van der Waals surface area (Å²) in [5, 5.41) is 9.18. The van der Waals surface area contributed by atoms with Crippen molar-refractivity contribution in [2.45, 2.75) is 57.4 Å². The van der Waals surface area contributed by atoms with Gasteiger partial charge in [-0.15, -0.1) is 0 Å². The molecular weight excluding hydrogens is 292 g/mol. The van der Waals surface area contributed by atoms with E-state index in [1.54, 1.807) is 6.20 Å². The smallest absolute Gasteiger partial charge is 0.260 e. The monoisotopic (exact) mass is 318 g/mol. The number of nitrogens with zero attached hydrogens (tertiary/aromatic N) is 2. The molecule has 23 heavy (non-hydrogen) atoms. The van der Waals surface area contributed by atoms with Gasteiger partial charge in [0.15, 0.2) is 6.61 Å². The fourth-order valence-electron chi connectivity index (χ4n) is 3.73. The Bertz CT molecular complexity index is 545. The summed E-state index contributed by atoms with van der Waals surface area (Å²) >= 11 is 0. The van der Waals surface area contributed by atoms with E-state index >= 15 is 0 Å². The zero-order chi connectivity index (χ0) is 16.1. The molecule has 5 nitrogen and oxygen atoms in total. The molecule has 2 aliphatic rings. The third-order valence-electron chi connectivity index (χ3n) is 4.95. The summed E-state index contributed by atoms with van der Waals surface area (Å²) in [4.78, 5) is 18.9. The van der Waals surface area contributed by atoms with Gasteiger partial charge in [0.1, 0.15) is 5.75 Å². The topological polar surface area (TPSA) is 62.7 Å². The van der Waals surface area contributed by atoms with Gasteiger partial charge in [0.25, 0.3) is 5.91 Å². The fraction of sp³-hybridized carbons (Fsp3) is 0.667. The number of aliphatic hydroxyl groups excluding tert-OH is 1. The van der Waals surface area contributed by atoms with Crippen molar-refractivity contribution in [2.24, 2.45) is 0 Å². The first-order valence-electron chi connectivity index (χ1n) is 8.79. The number of aliphatic hydroxyl groups is 1. The van der Waals surface area contributed by atoms with Crippen molar-refractivity contribution in [3.05, 3.63) is 23.5 Å². The molecule has 0 saturated carbocycles. The lowest BCUT2D eigenvalue weighted by Crippen LogP contribution is -2.46. The standard InChI is InChI=1S/C18H26N2O3/c21-12-9-14-5-3-4-11-20(14)18(22)13-23-17-8-10-19-16-7-2-1-6-15(16)17/h8,10,14,21H,1-7,9,11-13H2. The molecule has 1 saturated heterocycles. The minimum atomic E-state index is 0.0320. The Hall–Kier alpha value is -1.62. The minimum absolute atomic E-state index is 0.0320. The van der Waals surface area contributed by atoms with Gasteiger partial charge in [-0.1, -0.05) is 0 Å². The number of hydrogen-bond donors (Lipinski definition) is 1. The van der Waals surface area contributed by atoms with Crippen LogP contribution in [0.1, 0.15) is 49.8 Å². The van der Waals surface area contributed by atoms with E-state index in [1.165, 1.54) is 12.0 Å². The Morgan fingerprint density at radius 2 is 2.17 bits per heavy atom. The van der Waals surface area contributed by atoms with Crippen molar-refractivity contribution >= 4 is 5.91 Å². The molecule has 1 fully saturated rings. The largest absolute Gasteiger partial charge is 0.483 e. The van der Waals surface area contributed by atoms with Gasteiger partial charge in [-0.05, 0) is 57.4 Å². The van der Waals surface area contributed by atoms with Crippen LogP contribution in [-0.2, 0) is 17.6 Å². The number of rotatable bonds is 5. The van der Waals surface area contributed by atoms with Gasteiger partial charge in [0.05, 0.1) is 0 Å². The first kappa shape index (κ1) is 16.2. The third-order valence-corrected chi connectivity index (χ3v) is 4.95. The van der Waals surface area contributed by atoms with Crippen molar-refractivity contribution in [3.63, 3.8) is 0 Å². The summed E-state index contributed by atoms with van der Waals surface area (Å²) in [6.45, 7) is 0.993. The highest BCUT2D eigenvalue weighted by Crippen LogP contribution is 2.28. The molecule has 0 bridgehead atoms. The highest BCUT2D eigenvalue weighted by atomic mass is 16.5. The Labute approximate surface area is 137 Å². The predicted octanol–water partition coefficient (Wildman–Crippen LogP) is 2.10. The zero-order valence-corrected chi connectivity index (χ0v) is 13.7. The highest BCUT2D eigenvalue weighted by molar-refractivity contribution is 5.78. The fourth-order valence-corrected chi connectivity index (χ4v) is 3.73. The number of fused-ring (bicyclic) bond motifs is 1. The van der Waals surface area contributed by atoms with Crippen LogP contribution in [0, 0.1) is 0 Å². The molecule has 1 aliphatic carbocycles. The number of hydrogen-bond acceptors (Lipinski definition) is 4. The van der Waals surface area contributed by atoms with Crippen LogP contribution >= 0.6 is 0 Å². The van der Waals surface area contributed by atoms with Gasteiger partial charge < -0.3 is 14.7 Å². The molecule has 1 atom stereocenters. The second kappa shape index (κ2) is 7.77. The Morgan fingerprint density at radius 3 is 3.04 bits per heavy atom. The van der Waals surface area contributed by atoms with E-state index < -0.39 is 0 Å². The van der Waals surface area contributed by atoms with Gasteiger partial charge in [0.2, 0.25) is 0 Å². The van der Waals surface area contributed by atoms with Gasteiger partial charge in [0, 0.05) is 36.6 Å². The number of carbonyl (C=O) groups is 1. The quantitative estimate of drug-likeness (QED) is 0.903. The van der Waals surface area contributed by atoms with E-state index in [-0.39, 0.29) is 25.2 Å². The lowest BCUT2D eigenvalue weighted by atomic mass is 9.95. The van der Waals surface area contributed by atoms with Crippen LogP contribution in [0.3, 0.4) is 0 Å². The molecule has 1 unspecified atom stereocenters. The first-order chi connectivity index (χ1) is 11.3. The molecule has 0 aromatic carbocycles. The summed E-state index contributed by atoms with van der Waals surface area (Å²) < 4.78 is 5.85. The van der Waals surface area contributed by atoms with Crippen LogP contribution in [-0.4, -0.2) is 46.7 Å². The van der Waals surface area contributed by atoms with E-state index in [2.05, 4.69) is 4.98 Å². The van der Waals surface area contributed by atoms with Crippen LogP contribution in [0.5, 0.6) is 5.75 Å². The van der Waals surface area contributed by atoms with Crippen LogP contribution in [0.2, 0.25) is 0 Å². The number of ether oxygens (including phenoxy) is 1. The normalized spacial score (nSPS) is 20.9. The zero-order valence-electron chi connectivity index (χ0n) is 13.7. The number of amides is 1. The molecule has 3 rings (SSSR count). The molecule has 1 amide bonds. The van der Waals surface area contributed by atoms with E-state index in [1.807, 2.05) is 11.0 Å². The van der Waals surface area contributed by atoms with E-state index in [0.717, 1.165) is 56.5 Å². The maximum atomic E-state index is 12.5. The summed E-state index contributed by atoms with van der Waals surface area (Å²) in [5.74, 6) is 0.850. The predicted molar refractivity (Wildman–Crippen MR) is 87.4 cm³/mol. The number of carbonyl (C=O) groups excluding carboxylic acids is 1. The van der Waals surface area contributed by atoms with Gasteiger partial charge in [-0.2, -0.15) is 0 Å². The van der Waals surface area contributed by atoms with E-state index in [4.69, 9.17) is 4.74 Å². The first-order valence-corrected chi connectivity index (χ1v) is 8.79. The molecule has 1 aromatic heterocycles. The maximum absolute atomic E-state index is 12.5. The molecule has 2 heterocycles. The second-order valence-corrected chi connectivity index (χ2v) is 6.48. The van der Waals surface area contributed by atoms with Crippen LogP contribution in [0.25, 0.3) is 0 Å². The summed E-state index contributed by atoms with van der Waals surface area (Å²) in [6.07, 6.45) is 9.93. The maximum Gasteiger partial charge on any atom is 0.260 e. The molecule has 0 radical (unpaired) electrons. The van der Waals surface area contributed by atoms with Crippen LogP contribution < -0.4 is 4.74 Å². The molecule has 1 N–H and O–H groups in total. The van der Waals surface area contributed by atoms with Gasteiger partial charge >= 0.3 is 0 Å². The Kier molecular flexibility index (Phi) is 5.49. The van der Waals surface area contributed by atoms with Gasteiger partial charge in [-0.3, -0.25) is 9.78 Å². The number of aromatic nitrogens is 1. The van der Waals surface area contributed by atoms with E-state index in [9.17, 15) is 9.90 Å². The van der Waals surface area contributed by atoms with Crippen molar-refractivity contribution in [3.8, 4) is 5.75 Å². The second-order valence-electron chi connectivity index (χ2n) is 6.48. The lowest BCUT2D eigenvalue weighted by Gasteiger charge is -2.35. The molecule has 0 spiro atoms. The van der Waals surface area contributed by atoms with Crippen molar-refractivity contribution in [1.29, 1.82) is 0 Å². The van der Waals surface area contributed by atoms with Gasteiger partial charge in [-0.25, -0.2) is 0 Å². The molecule has 1 aromatic rings. The average Bonchev–Trinajstić information content (AvgIpc) is 2.60. The van der Waals surface area contributed by atoms with Crippen molar-refractivity contribution in [1.82, 2.24) is 9.88 Å². The SMILES string of the molecule is O=C(COc1ccnc2c1CCCC2)N1CCCCC1CCO. The molecule has 126 valence electrons. The number of piperidine rings is 1. The average molecular weight is 318 g/mol. The lowest BCUT2D eigenvalue weighted by molar-refractivity contribution is -0.137. The number of likely N-dealkylation sites (tertiary alicyclic amines) is 1. The highest BCUT2D eigenvalue weighted by Gasteiger charge is 2.26. The summed E-state index contributed by atoms with van der Waals surface area (Å²) in [5.41, 5.74) is 2.30. The Morgan fingerprint density at radius 1 is 1.30 bits per heavy atom. The molecule has 1 aliphatic heterocycles. The summed E-state index contributed by atoms with van der Waals surface area (Å²) in [6, 6.07) is 2.04. The minimum Gasteiger partial charge on any atom is -0.483 e. The van der Waals surface area contributed by atoms with Crippen LogP contribution in [0.4, 0.5) is 0 Å².